The lowest BCUT2D eigenvalue weighted by molar-refractivity contribution is 0.453. The molecule has 0 unspecified atom stereocenters. The molecular weight excluding hydrogens is 170 g/mol. The lowest BCUT2D eigenvalue weighted by Gasteiger charge is -2.10. The molecule has 8 heavy (non-hydrogen) atoms. The van der Waals surface area contributed by atoms with E-state index in [1.165, 1.54) is 0 Å². The van der Waals surface area contributed by atoms with Gasteiger partial charge in [0.2, 0.25) is 0 Å². The Kier molecular flexibility index (Phi) is 1.73. The summed E-state index contributed by atoms with van der Waals surface area (Å²) in [5.74, 6) is 0. The van der Waals surface area contributed by atoms with Gasteiger partial charge in [0.15, 0.2) is 4.74 Å². The maximum Gasteiger partial charge on any atom is 0.193 e. The number of rotatable bonds is 1. The average Bonchev–Trinajstić information content (AvgIpc) is 2.14. The van der Waals surface area contributed by atoms with Crippen LogP contribution in [-0.4, -0.2) is 22.9 Å². The molecule has 4 heteroatoms. The third kappa shape index (κ3) is 0.940. The zero-order valence-corrected chi connectivity index (χ0v) is 6.27. The largest absolute Gasteiger partial charge is 0.331 e. The molecule has 0 radical (unpaired) electrons. The molecule has 0 fully saturated rings. The fraction of sp³-hybridized carbons (Fsp3) is 0.750. The van der Waals surface area contributed by atoms with Crippen molar-refractivity contribution in [3.05, 3.63) is 0 Å². The van der Waals surface area contributed by atoms with Crippen molar-refractivity contribution in [1.29, 1.82) is 0 Å². The zero-order chi connectivity index (χ0) is 5.98. The van der Waals surface area contributed by atoms with Crippen molar-refractivity contribution >= 4 is 20.7 Å². The van der Waals surface area contributed by atoms with Crippen LogP contribution in [0.25, 0.3) is 0 Å². The summed E-state index contributed by atoms with van der Waals surface area (Å²) in [7, 11) is 0. The Bertz CT molecular complexity index is 112. The summed E-state index contributed by atoms with van der Waals surface area (Å²) in [6.45, 7) is 3.91. The highest BCUT2D eigenvalue weighted by molar-refractivity contribution is 9.18. The molecule has 3 nitrogen and oxygen atoms in total. The second-order valence-electron chi connectivity index (χ2n) is 1.55. The number of hydrogen-bond donors (Lipinski definition) is 1. The van der Waals surface area contributed by atoms with Gasteiger partial charge in [0.05, 0.1) is 0 Å². The van der Waals surface area contributed by atoms with Crippen LogP contribution >= 0.6 is 15.9 Å². The van der Waals surface area contributed by atoms with E-state index in [9.17, 15) is 0 Å². The van der Waals surface area contributed by atoms with Crippen LogP contribution in [0.4, 0.5) is 0 Å². The van der Waals surface area contributed by atoms with Crippen LogP contribution in [0.2, 0.25) is 0 Å². The minimum Gasteiger partial charge on any atom is -0.331 e. The highest BCUT2D eigenvalue weighted by Crippen LogP contribution is 2.01. The molecule has 0 saturated heterocycles. The Labute approximate surface area is 56.9 Å². The third-order valence-electron chi connectivity index (χ3n) is 1.08. The average molecular weight is 178 g/mol. The molecule has 46 valence electrons. The molecular formula is C4H8BrN3. The number of hydrazone groups is 1. The van der Waals surface area contributed by atoms with E-state index in [4.69, 9.17) is 0 Å². The molecule has 1 aliphatic heterocycles. The molecule has 0 aromatic carbocycles. The molecule has 1 aliphatic rings. The van der Waals surface area contributed by atoms with E-state index in [1.54, 1.807) is 0 Å². The minimum atomic E-state index is 0.830. The molecule has 0 saturated carbocycles. The van der Waals surface area contributed by atoms with Crippen molar-refractivity contribution in [2.24, 2.45) is 5.10 Å². The topological polar surface area (TPSA) is 27.6 Å². The quantitative estimate of drug-likeness (QED) is 0.593. The summed E-state index contributed by atoms with van der Waals surface area (Å²) < 4.78 is 0.903. The van der Waals surface area contributed by atoms with Crippen LogP contribution in [0.15, 0.2) is 5.10 Å². The Morgan fingerprint density at radius 3 is 3.00 bits per heavy atom. The van der Waals surface area contributed by atoms with Crippen LogP contribution in [0.3, 0.4) is 0 Å². The van der Waals surface area contributed by atoms with Gasteiger partial charge in [-0.2, -0.15) is 5.10 Å². The standard InChI is InChI=1S/C4H8BrN3/c1-2-8-3-6-7-4(8)5/h6H,2-3H2,1H3. The van der Waals surface area contributed by atoms with E-state index in [-0.39, 0.29) is 0 Å². The monoisotopic (exact) mass is 177 g/mol. The zero-order valence-electron chi connectivity index (χ0n) is 4.69. The van der Waals surface area contributed by atoms with E-state index in [0.717, 1.165) is 18.0 Å². The van der Waals surface area contributed by atoms with Gasteiger partial charge in [-0.3, -0.25) is 5.43 Å². The van der Waals surface area contributed by atoms with Crippen LogP contribution in [0.1, 0.15) is 6.92 Å². The molecule has 0 spiro atoms. The van der Waals surface area contributed by atoms with Gasteiger partial charge in [-0.25, -0.2) is 0 Å². The summed E-state index contributed by atoms with van der Waals surface area (Å²) in [6.07, 6.45) is 0. The van der Waals surface area contributed by atoms with Crippen LogP contribution in [0, 0.1) is 0 Å². The van der Waals surface area contributed by atoms with E-state index in [2.05, 4.69) is 38.3 Å². The van der Waals surface area contributed by atoms with Gasteiger partial charge in [-0.05, 0) is 22.9 Å². The van der Waals surface area contributed by atoms with Crippen molar-refractivity contribution in [3.63, 3.8) is 0 Å². The molecule has 0 aliphatic carbocycles. The third-order valence-corrected chi connectivity index (χ3v) is 1.75. The summed E-state index contributed by atoms with van der Waals surface area (Å²) in [5, 5.41) is 3.90. The molecule has 0 amide bonds. The van der Waals surface area contributed by atoms with Gasteiger partial charge in [-0.15, -0.1) is 0 Å². The molecule has 0 atom stereocenters. The number of nitrogens with one attached hydrogen (secondary N) is 1. The summed E-state index contributed by atoms with van der Waals surface area (Å²) in [6, 6.07) is 0. The molecule has 0 aromatic heterocycles. The predicted octanol–water partition coefficient (Wildman–Crippen LogP) is 0.535. The number of amidine groups is 1. The van der Waals surface area contributed by atoms with E-state index < -0.39 is 0 Å². The SMILES string of the molecule is CCN1CNN=C1Br. The maximum atomic E-state index is 3.90. The number of hydrogen-bond acceptors (Lipinski definition) is 3. The fourth-order valence-corrected chi connectivity index (χ4v) is 1.07. The van der Waals surface area contributed by atoms with Crippen molar-refractivity contribution in [2.45, 2.75) is 6.92 Å². The van der Waals surface area contributed by atoms with Gasteiger partial charge in [0, 0.05) is 6.54 Å². The first kappa shape index (κ1) is 5.88. The van der Waals surface area contributed by atoms with E-state index in [1.807, 2.05) is 0 Å². The fourth-order valence-electron chi connectivity index (χ4n) is 0.564. The van der Waals surface area contributed by atoms with Gasteiger partial charge in [-0.1, -0.05) is 0 Å². The normalized spacial score (nSPS) is 18.2. The smallest absolute Gasteiger partial charge is 0.193 e. The first-order valence-electron chi connectivity index (χ1n) is 2.55. The van der Waals surface area contributed by atoms with Gasteiger partial charge < -0.3 is 4.90 Å². The molecule has 1 heterocycles. The Hall–Kier alpha value is -0.250. The van der Waals surface area contributed by atoms with Crippen molar-refractivity contribution < 1.29 is 0 Å². The minimum absolute atomic E-state index is 0.830. The summed E-state index contributed by atoms with van der Waals surface area (Å²) >= 11 is 3.28. The Morgan fingerprint density at radius 1 is 2.00 bits per heavy atom. The van der Waals surface area contributed by atoms with E-state index in [0.29, 0.717) is 0 Å². The van der Waals surface area contributed by atoms with Gasteiger partial charge >= 0.3 is 0 Å². The molecule has 0 bridgehead atoms. The van der Waals surface area contributed by atoms with Crippen LogP contribution < -0.4 is 5.43 Å². The highest BCUT2D eigenvalue weighted by Gasteiger charge is 2.09. The first-order valence-corrected chi connectivity index (χ1v) is 3.35. The molecule has 1 N–H and O–H groups in total. The second-order valence-corrected chi connectivity index (χ2v) is 2.26. The number of halogens is 1. The predicted molar refractivity (Wildman–Crippen MR) is 36.7 cm³/mol. The lowest BCUT2D eigenvalue weighted by Crippen LogP contribution is -2.25. The number of nitrogens with zero attached hydrogens (tertiary/aromatic N) is 2. The molecule has 0 aromatic rings. The second kappa shape index (κ2) is 2.35. The summed E-state index contributed by atoms with van der Waals surface area (Å²) in [5.41, 5.74) is 2.84. The maximum absolute atomic E-state index is 3.90. The van der Waals surface area contributed by atoms with E-state index >= 15 is 0 Å². The molecule has 1 rings (SSSR count). The highest BCUT2D eigenvalue weighted by atomic mass is 79.9. The Balaban J connectivity index is 2.46. The van der Waals surface area contributed by atoms with Crippen molar-refractivity contribution in [3.8, 4) is 0 Å². The van der Waals surface area contributed by atoms with Crippen molar-refractivity contribution in [2.75, 3.05) is 13.2 Å². The summed E-state index contributed by atoms with van der Waals surface area (Å²) in [4.78, 5) is 2.08. The Morgan fingerprint density at radius 2 is 2.75 bits per heavy atom. The lowest BCUT2D eigenvalue weighted by atomic mass is 10.7. The van der Waals surface area contributed by atoms with Gasteiger partial charge in [0.25, 0.3) is 0 Å². The first-order chi connectivity index (χ1) is 3.84. The van der Waals surface area contributed by atoms with Crippen molar-refractivity contribution in [1.82, 2.24) is 10.3 Å². The van der Waals surface area contributed by atoms with Crippen LogP contribution in [0.5, 0.6) is 0 Å². The van der Waals surface area contributed by atoms with Gasteiger partial charge in [0.1, 0.15) is 6.67 Å². The van der Waals surface area contributed by atoms with Crippen LogP contribution in [-0.2, 0) is 0 Å².